The summed E-state index contributed by atoms with van der Waals surface area (Å²) >= 11 is 0. The van der Waals surface area contributed by atoms with E-state index in [1.807, 2.05) is 6.07 Å². The molecule has 1 aromatic heterocycles. The van der Waals surface area contributed by atoms with Gasteiger partial charge in [0, 0.05) is 17.0 Å². The Hall–Kier alpha value is -2.50. The molecule has 1 amide bonds. The van der Waals surface area contributed by atoms with Crippen LogP contribution in [0.2, 0.25) is 0 Å². The molecule has 1 aromatic carbocycles. The number of rotatable bonds is 5. The van der Waals surface area contributed by atoms with Crippen LogP contribution >= 0.6 is 0 Å². The Kier molecular flexibility index (Phi) is 4.24. The van der Waals surface area contributed by atoms with Crippen LogP contribution < -0.4 is 10.1 Å². The van der Waals surface area contributed by atoms with E-state index >= 15 is 0 Å². The fourth-order valence-corrected chi connectivity index (χ4v) is 1.81. The molecule has 0 saturated heterocycles. The van der Waals surface area contributed by atoms with Crippen molar-refractivity contribution in [3.63, 3.8) is 0 Å². The van der Waals surface area contributed by atoms with Gasteiger partial charge in [-0.15, -0.1) is 0 Å². The molecule has 0 aliphatic carbocycles. The highest BCUT2D eigenvalue weighted by atomic mass is 16.5. The van der Waals surface area contributed by atoms with Crippen molar-refractivity contribution in [2.45, 2.75) is 6.42 Å². The summed E-state index contributed by atoms with van der Waals surface area (Å²) in [7, 11) is 2.84. The third-order valence-corrected chi connectivity index (χ3v) is 2.87. The Labute approximate surface area is 115 Å². The van der Waals surface area contributed by atoms with Crippen molar-refractivity contribution in [1.29, 1.82) is 0 Å². The fourth-order valence-electron chi connectivity index (χ4n) is 1.81. The van der Waals surface area contributed by atoms with Crippen LogP contribution in [0, 0.1) is 0 Å². The Morgan fingerprint density at radius 3 is 2.80 bits per heavy atom. The van der Waals surface area contributed by atoms with E-state index in [2.05, 4.69) is 10.1 Å². The van der Waals surface area contributed by atoms with Gasteiger partial charge in [0.15, 0.2) is 0 Å². The lowest BCUT2D eigenvalue weighted by Crippen LogP contribution is -2.31. The summed E-state index contributed by atoms with van der Waals surface area (Å²) in [5.74, 6) is -0.0670. The molecule has 1 N–H and O–H groups in total. The minimum atomic E-state index is -0.486. The maximum Gasteiger partial charge on any atom is 0.325 e. The van der Waals surface area contributed by atoms with Crippen LogP contribution in [0.4, 0.5) is 0 Å². The third kappa shape index (κ3) is 3.09. The standard InChI is InChI=1S/C14H15NO5/c1-18-10-3-4-11-9(8-20-12(11)6-10)5-13(16)15-7-14(17)19-2/h3-4,6,8H,5,7H2,1-2H3,(H,15,16). The van der Waals surface area contributed by atoms with Crippen molar-refractivity contribution in [2.75, 3.05) is 20.8 Å². The highest BCUT2D eigenvalue weighted by Gasteiger charge is 2.12. The zero-order chi connectivity index (χ0) is 14.5. The molecule has 0 aliphatic rings. The summed E-state index contributed by atoms with van der Waals surface area (Å²) in [5, 5.41) is 3.33. The highest BCUT2D eigenvalue weighted by Crippen LogP contribution is 2.25. The highest BCUT2D eigenvalue weighted by molar-refractivity contribution is 5.89. The number of ether oxygens (including phenoxy) is 2. The lowest BCUT2D eigenvalue weighted by Gasteiger charge is -2.03. The zero-order valence-electron chi connectivity index (χ0n) is 11.3. The average Bonchev–Trinajstić information content (AvgIpc) is 2.86. The second kappa shape index (κ2) is 6.10. The van der Waals surface area contributed by atoms with Gasteiger partial charge in [-0.3, -0.25) is 9.59 Å². The normalized spacial score (nSPS) is 10.3. The van der Waals surface area contributed by atoms with Crippen molar-refractivity contribution in [2.24, 2.45) is 0 Å². The van der Waals surface area contributed by atoms with Crippen LogP contribution in [-0.4, -0.2) is 32.6 Å². The quantitative estimate of drug-likeness (QED) is 0.833. The lowest BCUT2D eigenvalue weighted by atomic mass is 10.1. The molecule has 0 aliphatic heterocycles. The zero-order valence-corrected chi connectivity index (χ0v) is 11.3. The van der Waals surface area contributed by atoms with Crippen LogP contribution in [0.15, 0.2) is 28.9 Å². The van der Waals surface area contributed by atoms with Gasteiger partial charge in [-0.25, -0.2) is 0 Å². The number of benzene rings is 1. The van der Waals surface area contributed by atoms with E-state index < -0.39 is 5.97 Å². The van der Waals surface area contributed by atoms with Gasteiger partial charge in [0.2, 0.25) is 5.91 Å². The summed E-state index contributed by atoms with van der Waals surface area (Å²) in [6.07, 6.45) is 1.66. The first-order chi connectivity index (χ1) is 9.63. The molecule has 106 valence electrons. The number of esters is 1. The van der Waals surface area contributed by atoms with Gasteiger partial charge in [-0.1, -0.05) is 0 Å². The van der Waals surface area contributed by atoms with E-state index in [9.17, 15) is 9.59 Å². The SMILES string of the molecule is COC(=O)CNC(=O)Cc1coc2cc(OC)ccc12. The summed E-state index contributed by atoms with van der Waals surface area (Å²) < 4.78 is 14.9. The number of fused-ring (bicyclic) bond motifs is 1. The molecule has 0 saturated carbocycles. The molecule has 0 unspecified atom stereocenters. The molecular formula is C14H15NO5. The monoisotopic (exact) mass is 277 g/mol. The summed E-state index contributed by atoms with van der Waals surface area (Å²) in [5.41, 5.74) is 1.41. The van der Waals surface area contributed by atoms with Gasteiger partial charge in [0.05, 0.1) is 26.9 Å². The summed E-state index contributed by atoms with van der Waals surface area (Å²) in [4.78, 5) is 22.6. The lowest BCUT2D eigenvalue weighted by molar-refractivity contribution is -0.141. The maximum absolute atomic E-state index is 11.7. The molecule has 0 spiro atoms. The molecule has 0 fully saturated rings. The van der Waals surface area contributed by atoms with Gasteiger partial charge >= 0.3 is 5.97 Å². The topological polar surface area (TPSA) is 77.8 Å². The summed E-state index contributed by atoms with van der Waals surface area (Å²) in [6, 6.07) is 5.39. The van der Waals surface area contributed by atoms with Crippen LogP contribution in [0.25, 0.3) is 11.0 Å². The second-order valence-electron chi connectivity index (χ2n) is 4.15. The summed E-state index contributed by atoms with van der Waals surface area (Å²) in [6.45, 7) is -0.140. The fraction of sp³-hybridized carbons (Fsp3) is 0.286. The van der Waals surface area contributed by atoms with Crippen LogP contribution in [0.5, 0.6) is 5.75 Å². The van der Waals surface area contributed by atoms with E-state index in [-0.39, 0.29) is 18.9 Å². The average molecular weight is 277 g/mol. The Morgan fingerprint density at radius 2 is 2.10 bits per heavy atom. The number of furan rings is 1. The van der Waals surface area contributed by atoms with Crippen molar-refractivity contribution in [1.82, 2.24) is 5.32 Å². The molecule has 6 nitrogen and oxygen atoms in total. The van der Waals surface area contributed by atoms with Gasteiger partial charge in [-0.05, 0) is 12.1 Å². The number of hydrogen-bond donors (Lipinski definition) is 1. The third-order valence-electron chi connectivity index (χ3n) is 2.87. The second-order valence-corrected chi connectivity index (χ2v) is 4.15. The number of carbonyl (C=O) groups is 2. The largest absolute Gasteiger partial charge is 0.497 e. The predicted octanol–water partition coefficient (Wildman–Crippen LogP) is 1.27. The van der Waals surface area contributed by atoms with E-state index in [0.717, 1.165) is 10.9 Å². The first-order valence-corrected chi connectivity index (χ1v) is 6.01. The van der Waals surface area contributed by atoms with Crippen molar-refractivity contribution in [3.05, 3.63) is 30.0 Å². The number of hydrogen-bond acceptors (Lipinski definition) is 5. The minimum absolute atomic E-state index is 0.135. The van der Waals surface area contributed by atoms with Gasteiger partial charge in [0.25, 0.3) is 0 Å². The van der Waals surface area contributed by atoms with Crippen LogP contribution in [0.1, 0.15) is 5.56 Å². The number of amides is 1. The van der Waals surface area contributed by atoms with E-state index in [4.69, 9.17) is 9.15 Å². The van der Waals surface area contributed by atoms with E-state index in [1.165, 1.54) is 13.4 Å². The predicted molar refractivity (Wildman–Crippen MR) is 71.5 cm³/mol. The van der Waals surface area contributed by atoms with Crippen molar-refractivity contribution < 1.29 is 23.5 Å². The Bertz CT molecular complexity index is 632. The van der Waals surface area contributed by atoms with Crippen LogP contribution in [0.3, 0.4) is 0 Å². The van der Waals surface area contributed by atoms with Gasteiger partial charge in [-0.2, -0.15) is 0 Å². The van der Waals surface area contributed by atoms with Crippen molar-refractivity contribution >= 4 is 22.8 Å². The Morgan fingerprint density at radius 1 is 1.30 bits per heavy atom. The number of carbonyl (C=O) groups excluding carboxylic acids is 2. The van der Waals surface area contributed by atoms with Gasteiger partial charge < -0.3 is 19.2 Å². The molecule has 0 radical (unpaired) electrons. The van der Waals surface area contributed by atoms with Crippen LogP contribution in [-0.2, 0) is 20.7 Å². The molecule has 2 aromatic rings. The van der Waals surface area contributed by atoms with Crippen molar-refractivity contribution in [3.8, 4) is 5.75 Å². The van der Waals surface area contributed by atoms with E-state index in [0.29, 0.717) is 11.3 Å². The first kappa shape index (κ1) is 13.9. The smallest absolute Gasteiger partial charge is 0.325 e. The molecule has 0 bridgehead atoms. The molecular weight excluding hydrogens is 262 g/mol. The molecule has 0 atom stereocenters. The Balaban J connectivity index is 2.06. The first-order valence-electron chi connectivity index (χ1n) is 6.01. The molecule has 2 rings (SSSR count). The number of methoxy groups -OCH3 is 2. The van der Waals surface area contributed by atoms with Gasteiger partial charge in [0.1, 0.15) is 17.9 Å². The van der Waals surface area contributed by atoms with E-state index in [1.54, 1.807) is 19.2 Å². The number of nitrogens with one attached hydrogen (secondary N) is 1. The molecule has 20 heavy (non-hydrogen) atoms. The molecule has 1 heterocycles. The maximum atomic E-state index is 11.7. The molecule has 6 heteroatoms. The minimum Gasteiger partial charge on any atom is -0.497 e.